The van der Waals surface area contributed by atoms with Crippen molar-refractivity contribution in [2.45, 2.75) is 44.1 Å². The third kappa shape index (κ3) is 5.34. The Bertz CT molecular complexity index is 1990. The summed E-state index contributed by atoms with van der Waals surface area (Å²) in [6.07, 6.45) is 4.92. The van der Waals surface area contributed by atoms with Gasteiger partial charge in [-0.2, -0.15) is 0 Å². The van der Waals surface area contributed by atoms with Gasteiger partial charge in [-0.25, -0.2) is 9.18 Å². The van der Waals surface area contributed by atoms with E-state index in [1.54, 1.807) is 31.3 Å². The van der Waals surface area contributed by atoms with E-state index in [1.807, 2.05) is 48.5 Å². The van der Waals surface area contributed by atoms with Crippen molar-refractivity contribution < 1.29 is 28.3 Å². The average molecular weight is 617 g/mol. The van der Waals surface area contributed by atoms with Crippen LogP contribution in [0, 0.1) is 11.7 Å². The van der Waals surface area contributed by atoms with E-state index in [0.29, 0.717) is 52.7 Å². The summed E-state index contributed by atoms with van der Waals surface area (Å²) < 4.78 is 20.1. The van der Waals surface area contributed by atoms with Gasteiger partial charge in [0, 0.05) is 29.1 Å². The Labute approximate surface area is 265 Å². The number of aromatic carboxylic acids is 1. The van der Waals surface area contributed by atoms with Crippen LogP contribution in [0.25, 0.3) is 33.4 Å². The van der Waals surface area contributed by atoms with Crippen molar-refractivity contribution in [3.05, 3.63) is 119 Å². The third-order valence-corrected chi connectivity index (χ3v) is 9.47. The highest BCUT2D eigenvalue weighted by Gasteiger charge is 2.57. The van der Waals surface area contributed by atoms with Gasteiger partial charge in [-0.3, -0.25) is 9.59 Å². The maximum Gasteiger partial charge on any atom is 0.335 e. The predicted molar refractivity (Wildman–Crippen MR) is 173 cm³/mol. The van der Waals surface area contributed by atoms with Crippen LogP contribution in [0.3, 0.4) is 0 Å². The molecule has 5 aromatic rings. The zero-order chi connectivity index (χ0) is 32.0. The van der Waals surface area contributed by atoms with E-state index in [0.717, 1.165) is 47.4 Å². The zero-order valence-electron chi connectivity index (χ0n) is 25.4. The molecule has 3 fully saturated rings. The second-order valence-electron chi connectivity index (χ2n) is 12.5. The highest BCUT2D eigenvalue weighted by atomic mass is 19.1. The van der Waals surface area contributed by atoms with Crippen molar-refractivity contribution in [2.75, 3.05) is 7.05 Å². The van der Waals surface area contributed by atoms with Gasteiger partial charge in [0.1, 0.15) is 17.2 Å². The summed E-state index contributed by atoms with van der Waals surface area (Å²) in [5.41, 5.74) is 5.55. The Morgan fingerprint density at radius 1 is 0.870 bits per heavy atom. The number of hydrogen-bond donors (Lipinski definition) is 3. The Kier molecular flexibility index (Phi) is 7.43. The van der Waals surface area contributed by atoms with E-state index in [2.05, 4.69) is 10.6 Å². The normalized spacial score (nSPS) is 18.0. The van der Waals surface area contributed by atoms with Crippen molar-refractivity contribution in [3.8, 4) is 22.5 Å². The second-order valence-corrected chi connectivity index (χ2v) is 12.5. The number of benzene rings is 4. The molecule has 8 rings (SSSR count). The minimum Gasteiger partial charge on any atom is -0.478 e. The number of carbonyl (C=O) groups excluding carboxylic acids is 2. The molecule has 3 N–H and O–H groups in total. The van der Waals surface area contributed by atoms with E-state index < -0.39 is 11.8 Å². The quantitative estimate of drug-likeness (QED) is 0.151. The van der Waals surface area contributed by atoms with Gasteiger partial charge >= 0.3 is 5.97 Å². The van der Waals surface area contributed by atoms with Crippen LogP contribution in [0.4, 0.5) is 4.39 Å². The summed E-state index contributed by atoms with van der Waals surface area (Å²) in [7, 11) is 1.55. The molecule has 0 saturated heterocycles. The van der Waals surface area contributed by atoms with Gasteiger partial charge < -0.3 is 20.2 Å². The lowest BCUT2D eigenvalue weighted by molar-refractivity contribution is -0.0438. The number of carboxylic acid groups (broad SMARTS) is 1. The fraction of sp³-hybridized carbons (Fsp3) is 0.237. The minimum absolute atomic E-state index is 0.0516. The van der Waals surface area contributed by atoms with Crippen LogP contribution in [0.5, 0.6) is 0 Å². The van der Waals surface area contributed by atoms with Crippen molar-refractivity contribution >= 4 is 28.8 Å². The summed E-state index contributed by atoms with van der Waals surface area (Å²) in [5.74, 6) is -0.715. The molecule has 8 heteroatoms. The molecule has 2 amide bonds. The van der Waals surface area contributed by atoms with Gasteiger partial charge in [0.15, 0.2) is 0 Å². The Balaban J connectivity index is 1.30. The number of halogens is 1. The second kappa shape index (κ2) is 11.6. The first-order chi connectivity index (χ1) is 22.2. The first-order valence-corrected chi connectivity index (χ1v) is 15.6. The van der Waals surface area contributed by atoms with Gasteiger partial charge in [0.25, 0.3) is 11.8 Å². The molecule has 1 heterocycles. The van der Waals surface area contributed by atoms with Gasteiger partial charge in [-0.1, -0.05) is 30.3 Å². The molecule has 46 heavy (non-hydrogen) atoms. The van der Waals surface area contributed by atoms with Crippen LogP contribution < -0.4 is 10.6 Å². The molecular formula is C38H33FN2O5. The van der Waals surface area contributed by atoms with E-state index in [9.17, 15) is 23.9 Å². The lowest BCUT2D eigenvalue weighted by Crippen LogP contribution is -2.68. The number of carboxylic acids is 1. The number of hydrogen-bond acceptors (Lipinski definition) is 4. The highest BCUT2D eigenvalue weighted by Crippen LogP contribution is 2.57. The summed E-state index contributed by atoms with van der Waals surface area (Å²) in [5, 5.41) is 16.2. The smallest absolute Gasteiger partial charge is 0.335 e. The number of aryl methyl sites for hydroxylation is 2. The molecule has 232 valence electrons. The zero-order valence-corrected chi connectivity index (χ0v) is 25.4. The van der Waals surface area contributed by atoms with E-state index in [1.165, 1.54) is 12.1 Å². The van der Waals surface area contributed by atoms with Crippen LogP contribution in [0.2, 0.25) is 0 Å². The largest absolute Gasteiger partial charge is 0.478 e. The molecule has 2 bridgehead atoms. The summed E-state index contributed by atoms with van der Waals surface area (Å²) >= 11 is 0. The first kappa shape index (κ1) is 29.5. The maximum absolute atomic E-state index is 13.8. The fourth-order valence-electron chi connectivity index (χ4n) is 7.00. The molecule has 1 aromatic heterocycles. The summed E-state index contributed by atoms with van der Waals surface area (Å²) in [6.45, 7) is 0. The summed E-state index contributed by atoms with van der Waals surface area (Å²) in [6, 6.07) is 24.1. The van der Waals surface area contributed by atoms with Gasteiger partial charge in [-0.05, 0) is 121 Å². The van der Waals surface area contributed by atoms with Crippen molar-refractivity contribution in [3.63, 3.8) is 0 Å². The van der Waals surface area contributed by atoms with E-state index >= 15 is 0 Å². The Morgan fingerprint density at radius 3 is 2.30 bits per heavy atom. The lowest BCUT2D eigenvalue weighted by Gasteiger charge is -2.61. The standard InChI is InChI=1S/C38H33FN2O5/c1-40-36(43)33-31-18-30(25-8-5-10-27(16-25)35(42)41-38-19-22(20-38)21-38)26(9-4-7-23-6-2-3-11-29(23)37(44)45)17-32(31)46-34(33)24-12-14-28(39)15-13-24/h2-3,5-6,8,10-18,22H,4,7,9,19-21H2,1H3,(H,40,43)(H,41,42)(H,44,45). The van der Waals surface area contributed by atoms with Crippen molar-refractivity contribution in [1.29, 1.82) is 0 Å². The van der Waals surface area contributed by atoms with Crippen molar-refractivity contribution in [2.24, 2.45) is 5.92 Å². The topological polar surface area (TPSA) is 109 Å². The van der Waals surface area contributed by atoms with Gasteiger partial charge in [0.05, 0.1) is 11.1 Å². The number of fused-ring (bicyclic) bond motifs is 1. The van der Waals surface area contributed by atoms with Crippen LogP contribution >= 0.6 is 0 Å². The molecule has 0 aliphatic heterocycles. The molecule has 3 saturated carbocycles. The molecule has 3 aliphatic rings. The van der Waals surface area contributed by atoms with Crippen LogP contribution in [-0.2, 0) is 12.8 Å². The molecule has 0 radical (unpaired) electrons. The molecular weight excluding hydrogens is 583 g/mol. The summed E-state index contributed by atoms with van der Waals surface area (Å²) in [4.78, 5) is 38.3. The third-order valence-electron chi connectivity index (χ3n) is 9.47. The monoisotopic (exact) mass is 616 g/mol. The Hall–Kier alpha value is -5.24. The lowest BCUT2D eigenvalue weighted by atomic mass is 9.50. The average Bonchev–Trinajstić information content (AvgIpc) is 3.40. The number of nitrogens with one attached hydrogen (secondary N) is 2. The number of rotatable bonds is 10. The van der Waals surface area contributed by atoms with Crippen molar-refractivity contribution in [1.82, 2.24) is 10.6 Å². The number of furan rings is 1. The molecule has 3 aliphatic carbocycles. The van der Waals surface area contributed by atoms with E-state index in [-0.39, 0.29) is 22.9 Å². The molecule has 0 unspecified atom stereocenters. The Morgan fingerprint density at radius 2 is 1.61 bits per heavy atom. The minimum atomic E-state index is -0.961. The van der Waals surface area contributed by atoms with Gasteiger partial charge in [-0.15, -0.1) is 0 Å². The van der Waals surface area contributed by atoms with E-state index in [4.69, 9.17) is 4.42 Å². The first-order valence-electron chi connectivity index (χ1n) is 15.6. The van der Waals surface area contributed by atoms with Crippen LogP contribution in [-0.4, -0.2) is 35.5 Å². The highest BCUT2D eigenvalue weighted by molar-refractivity contribution is 6.12. The van der Waals surface area contributed by atoms with Crippen LogP contribution in [0.1, 0.15) is 67.9 Å². The molecule has 0 atom stereocenters. The fourth-order valence-corrected chi connectivity index (χ4v) is 7.00. The molecule has 4 aromatic carbocycles. The maximum atomic E-state index is 13.8. The van der Waals surface area contributed by atoms with Crippen LogP contribution in [0.15, 0.2) is 89.3 Å². The molecule has 7 nitrogen and oxygen atoms in total. The predicted octanol–water partition coefficient (Wildman–Crippen LogP) is 7.42. The van der Waals surface area contributed by atoms with Gasteiger partial charge in [0.2, 0.25) is 0 Å². The SMILES string of the molecule is CNC(=O)c1c(-c2ccc(F)cc2)oc2cc(CCCc3ccccc3C(=O)O)c(-c3cccc(C(=O)NC45CC(C4)C5)c3)cc12. The number of amides is 2. The molecule has 0 spiro atoms. The number of carbonyl (C=O) groups is 3.